The maximum atomic E-state index is 12.9. The molecule has 0 aromatic heterocycles. The van der Waals surface area contributed by atoms with Crippen LogP contribution in [-0.4, -0.2) is 28.4 Å². The van der Waals surface area contributed by atoms with Crippen LogP contribution in [0.2, 0.25) is 0 Å². The van der Waals surface area contributed by atoms with Crippen molar-refractivity contribution in [2.45, 2.75) is 37.8 Å². The average molecular weight is 352 g/mol. The molecule has 0 bridgehead atoms. The van der Waals surface area contributed by atoms with E-state index in [2.05, 4.69) is 12.1 Å². The van der Waals surface area contributed by atoms with Gasteiger partial charge in [-0.25, -0.2) is 0 Å². The quantitative estimate of drug-likeness (QED) is 0.587. The lowest BCUT2D eigenvalue weighted by atomic mass is 10.1. The van der Waals surface area contributed by atoms with Gasteiger partial charge in [-0.15, -0.1) is 0 Å². The topological polar surface area (TPSA) is 72.7 Å². The first kappa shape index (κ1) is 16.6. The summed E-state index contributed by atoms with van der Waals surface area (Å²) in [4.78, 5) is 25.2. The maximum absolute atomic E-state index is 12.9. The highest BCUT2D eigenvalue weighted by Crippen LogP contribution is 2.41. The molecule has 6 heteroatoms. The molecule has 0 radical (unpaired) electrons. The summed E-state index contributed by atoms with van der Waals surface area (Å²) in [7, 11) is 0. The number of hydrogen-bond donors (Lipinski definition) is 0. The molecular weight excluding hydrogens is 332 g/mol. The van der Waals surface area contributed by atoms with Crippen LogP contribution < -0.4 is 4.74 Å². The summed E-state index contributed by atoms with van der Waals surface area (Å²) < 4.78 is 5.57. The second kappa shape index (κ2) is 6.78. The molecule has 2 aliphatic rings. The Labute approximate surface area is 151 Å². The van der Waals surface area contributed by atoms with Crippen LogP contribution in [0.3, 0.4) is 0 Å². The number of benzene rings is 2. The molecule has 0 spiro atoms. The fourth-order valence-electron chi connectivity index (χ4n) is 3.71. The van der Waals surface area contributed by atoms with Gasteiger partial charge < -0.3 is 9.64 Å². The number of nitro groups is 1. The van der Waals surface area contributed by atoms with Gasteiger partial charge in [0, 0.05) is 12.1 Å². The Bertz CT molecular complexity index is 847. The Morgan fingerprint density at radius 3 is 2.73 bits per heavy atom. The largest absolute Gasteiger partial charge is 0.484 e. The summed E-state index contributed by atoms with van der Waals surface area (Å²) in [5.41, 5.74) is 2.51. The van der Waals surface area contributed by atoms with Gasteiger partial charge in [-0.2, -0.15) is 0 Å². The van der Waals surface area contributed by atoms with E-state index < -0.39 is 4.92 Å². The Balaban J connectivity index is 1.47. The molecule has 0 aliphatic heterocycles. The molecule has 1 atom stereocenters. The van der Waals surface area contributed by atoms with E-state index in [1.807, 2.05) is 17.0 Å². The van der Waals surface area contributed by atoms with Crippen molar-refractivity contribution >= 4 is 11.6 Å². The van der Waals surface area contributed by atoms with Gasteiger partial charge in [-0.05, 0) is 42.9 Å². The Morgan fingerprint density at radius 2 is 1.96 bits per heavy atom. The number of nitrogens with zero attached hydrogens (tertiary/aromatic N) is 2. The lowest BCUT2D eigenvalue weighted by molar-refractivity contribution is -0.384. The Hall–Kier alpha value is -2.89. The molecule has 134 valence electrons. The van der Waals surface area contributed by atoms with Crippen LogP contribution in [0.15, 0.2) is 48.5 Å². The van der Waals surface area contributed by atoms with Crippen LogP contribution in [0.5, 0.6) is 5.75 Å². The van der Waals surface area contributed by atoms with Crippen molar-refractivity contribution in [3.8, 4) is 5.75 Å². The lowest BCUT2D eigenvalue weighted by Crippen LogP contribution is -2.39. The third kappa shape index (κ3) is 3.27. The number of amides is 1. The monoisotopic (exact) mass is 352 g/mol. The summed E-state index contributed by atoms with van der Waals surface area (Å²) in [6.45, 7) is -0.101. The lowest BCUT2D eigenvalue weighted by Gasteiger charge is -2.30. The molecule has 2 aromatic carbocycles. The molecule has 1 amide bonds. The van der Waals surface area contributed by atoms with Gasteiger partial charge in [0.25, 0.3) is 11.6 Å². The molecule has 1 saturated carbocycles. The molecule has 2 aliphatic carbocycles. The molecule has 1 unspecified atom stereocenters. The zero-order valence-electron chi connectivity index (χ0n) is 14.3. The zero-order chi connectivity index (χ0) is 18.1. The second-order valence-corrected chi connectivity index (χ2v) is 6.83. The van der Waals surface area contributed by atoms with Crippen LogP contribution in [0.25, 0.3) is 0 Å². The first-order valence-corrected chi connectivity index (χ1v) is 8.89. The first-order chi connectivity index (χ1) is 12.6. The normalized spacial score (nSPS) is 18.2. The Kier molecular flexibility index (Phi) is 4.32. The van der Waals surface area contributed by atoms with Gasteiger partial charge in [0.05, 0.1) is 17.0 Å². The van der Waals surface area contributed by atoms with Crippen molar-refractivity contribution in [1.29, 1.82) is 0 Å². The second-order valence-electron chi connectivity index (χ2n) is 6.83. The van der Waals surface area contributed by atoms with Gasteiger partial charge in [0.1, 0.15) is 5.75 Å². The van der Waals surface area contributed by atoms with Gasteiger partial charge in [0.15, 0.2) is 6.61 Å². The minimum atomic E-state index is -0.472. The number of fused-ring (bicyclic) bond motifs is 1. The van der Waals surface area contributed by atoms with Crippen LogP contribution in [-0.2, 0) is 11.2 Å². The molecular formula is C20H20N2O4. The summed E-state index contributed by atoms with van der Waals surface area (Å²) in [5.74, 6) is 0.288. The molecule has 1 fully saturated rings. The summed E-state index contributed by atoms with van der Waals surface area (Å²) >= 11 is 0. The van der Waals surface area contributed by atoms with Crippen LogP contribution in [0.4, 0.5) is 5.69 Å². The zero-order valence-corrected chi connectivity index (χ0v) is 14.3. The standard InChI is InChI=1S/C20H20N2O4/c23-20(13-26-17-6-3-5-16(12-17)22(24)25)21(15-9-10-15)19-11-8-14-4-1-2-7-18(14)19/h1-7,12,15,19H,8-11,13H2. The minimum Gasteiger partial charge on any atom is -0.484 e. The van der Waals surface area contributed by atoms with Gasteiger partial charge in [-0.1, -0.05) is 30.3 Å². The number of non-ortho nitro benzene ring substituents is 1. The van der Waals surface area contributed by atoms with E-state index >= 15 is 0 Å². The third-order valence-electron chi connectivity index (χ3n) is 5.06. The van der Waals surface area contributed by atoms with Crippen LogP contribution >= 0.6 is 0 Å². The highest BCUT2D eigenvalue weighted by molar-refractivity contribution is 5.79. The van der Waals surface area contributed by atoms with Crippen molar-refractivity contribution in [2.24, 2.45) is 0 Å². The predicted octanol–water partition coefficient (Wildman–Crippen LogP) is 3.65. The van der Waals surface area contributed by atoms with E-state index in [-0.39, 0.29) is 30.3 Å². The number of hydrogen-bond acceptors (Lipinski definition) is 4. The molecule has 0 saturated heterocycles. The highest BCUT2D eigenvalue weighted by Gasteiger charge is 2.40. The number of carbonyl (C=O) groups excluding carboxylic acids is 1. The SMILES string of the molecule is O=C(COc1cccc([N+](=O)[O-])c1)N(C1CC1)C1CCc2ccccc21. The molecule has 2 aromatic rings. The fourth-order valence-corrected chi connectivity index (χ4v) is 3.71. The van der Waals surface area contributed by atoms with Crippen molar-refractivity contribution in [2.75, 3.05) is 6.61 Å². The summed E-state index contributed by atoms with van der Waals surface area (Å²) in [6.07, 6.45) is 3.99. The summed E-state index contributed by atoms with van der Waals surface area (Å²) in [5, 5.41) is 10.9. The van der Waals surface area contributed by atoms with Gasteiger partial charge in [-0.3, -0.25) is 14.9 Å². The van der Waals surface area contributed by atoms with E-state index in [4.69, 9.17) is 4.74 Å². The van der Waals surface area contributed by atoms with Crippen molar-refractivity contribution in [3.63, 3.8) is 0 Å². The van der Waals surface area contributed by atoms with Crippen molar-refractivity contribution in [1.82, 2.24) is 4.90 Å². The van der Waals surface area contributed by atoms with E-state index in [0.717, 1.165) is 25.7 Å². The summed E-state index contributed by atoms with van der Waals surface area (Å²) in [6, 6.07) is 14.6. The Morgan fingerprint density at radius 1 is 1.15 bits per heavy atom. The first-order valence-electron chi connectivity index (χ1n) is 8.89. The number of ether oxygens (including phenoxy) is 1. The van der Waals surface area contributed by atoms with Gasteiger partial charge >= 0.3 is 0 Å². The number of aryl methyl sites for hydroxylation is 1. The smallest absolute Gasteiger partial charge is 0.273 e. The molecule has 0 heterocycles. The highest BCUT2D eigenvalue weighted by atomic mass is 16.6. The van der Waals surface area contributed by atoms with Crippen LogP contribution in [0, 0.1) is 10.1 Å². The predicted molar refractivity (Wildman–Crippen MR) is 96.0 cm³/mol. The molecule has 0 N–H and O–H groups in total. The van der Waals surface area contributed by atoms with Crippen molar-refractivity contribution < 1.29 is 14.5 Å². The van der Waals surface area contributed by atoms with E-state index in [1.54, 1.807) is 12.1 Å². The molecule has 26 heavy (non-hydrogen) atoms. The van der Waals surface area contributed by atoms with E-state index in [9.17, 15) is 14.9 Å². The molecule has 4 rings (SSSR count). The van der Waals surface area contributed by atoms with Crippen molar-refractivity contribution in [3.05, 3.63) is 69.8 Å². The third-order valence-corrected chi connectivity index (χ3v) is 5.06. The van der Waals surface area contributed by atoms with E-state index in [0.29, 0.717) is 5.75 Å². The van der Waals surface area contributed by atoms with E-state index in [1.165, 1.54) is 23.3 Å². The molecule has 6 nitrogen and oxygen atoms in total. The number of nitro benzene ring substituents is 1. The van der Waals surface area contributed by atoms with Gasteiger partial charge in [0.2, 0.25) is 0 Å². The van der Waals surface area contributed by atoms with Crippen LogP contribution in [0.1, 0.15) is 36.4 Å². The number of carbonyl (C=O) groups is 1. The number of rotatable bonds is 6. The average Bonchev–Trinajstić information content (AvgIpc) is 3.40. The maximum Gasteiger partial charge on any atom is 0.273 e. The fraction of sp³-hybridized carbons (Fsp3) is 0.350. The minimum absolute atomic E-state index is 0.0429.